The van der Waals surface area contributed by atoms with E-state index in [2.05, 4.69) is 23.6 Å². The summed E-state index contributed by atoms with van der Waals surface area (Å²) < 4.78 is 2.24. The average Bonchev–Trinajstić information content (AvgIpc) is 3.29. The van der Waals surface area contributed by atoms with Crippen molar-refractivity contribution in [3.05, 3.63) is 114 Å². The summed E-state index contributed by atoms with van der Waals surface area (Å²) in [6.07, 6.45) is 0.810. The van der Waals surface area contributed by atoms with Crippen LogP contribution in [-0.2, 0) is 6.54 Å². The first-order valence-electron chi connectivity index (χ1n) is 12.6. The minimum absolute atomic E-state index is 0.333. The molecule has 1 aromatic heterocycles. The maximum Gasteiger partial charge on any atom is 0.265 e. The Balaban J connectivity index is 1.40. The number of para-hydroxylation sites is 1. The molecule has 38 heavy (non-hydrogen) atoms. The number of anilines is 1. The minimum atomic E-state index is -0.333. The van der Waals surface area contributed by atoms with E-state index in [-0.39, 0.29) is 11.8 Å². The zero-order valence-electron chi connectivity index (χ0n) is 20.6. The first-order chi connectivity index (χ1) is 18.6. The van der Waals surface area contributed by atoms with Crippen LogP contribution in [0.5, 0.6) is 0 Å². The highest BCUT2D eigenvalue weighted by Crippen LogP contribution is 2.39. The number of imide groups is 1. The molecule has 0 saturated carbocycles. The number of nitrogens with zero attached hydrogens (tertiary/aromatic N) is 2. The maximum absolute atomic E-state index is 13.9. The van der Waals surface area contributed by atoms with Gasteiger partial charge in [-0.05, 0) is 59.8 Å². The van der Waals surface area contributed by atoms with E-state index in [1.54, 1.807) is 24.3 Å². The molecule has 5 heteroatoms. The smallest absolute Gasteiger partial charge is 0.265 e. The molecule has 7 rings (SSSR count). The summed E-state index contributed by atoms with van der Waals surface area (Å²) in [6, 6.07) is 30.6. The lowest BCUT2D eigenvalue weighted by atomic mass is 9.88. The van der Waals surface area contributed by atoms with Crippen molar-refractivity contribution >= 4 is 56.4 Å². The van der Waals surface area contributed by atoms with Crippen LogP contribution in [0.25, 0.3) is 43.7 Å². The van der Waals surface area contributed by atoms with Crippen LogP contribution in [0.2, 0.25) is 0 Å². The van der Waals surface area contributed by atoms with Gasteiger partial charge >= 0.3 is 0 Å². The molecule has 0 N–H and O–H groups in total. The summed E-state index contributed by atoms with van der Waals surface area (Å²) in [5.41, 5.74) is 6.17. The van der Waals surface area contributed by atoms with E-state index in [0.29, 0.717) is 27.8 Å². The number of benzene rings is 5. The van der Waals surface area contributed by atoms with E-state index in [9.17, 15) is 14.4 Å². The molecule has 1 aliphatic rings. The average molecular weight is 495 g/mol. The van der Waals surface area contributed by atoms with Crippen LogP contribution in [0.1, 0.15) is 38.0 Å². The van der Waals surface area contributed by atoms with Gasteiger partial charge in [0.15, 0.2) is 0 Å². The van der Waals surface area contributed by atoms with Crippen LogP contribution in [0.15, 0.2) is 97.1 Å². The van der Waals surface area contributed by atoms with E-state index in [0.717, 1.165) is 51.1 Å². The van der Waals surface area contributed by atoms with Gasteiger partial charge in [-0.15, -0.1) is 0 Å². The molecule has 5 nitrogen and oxygen atoms in total. The van der Waals surface area contributed by atoms with Crippen LogP contribution in [0, 0.1) is 0 Å². The Morgan fingerprint density at radius 3 is 2.11 bits per heavy atom. The van der Waals surface area contributed by atoms with Crippen molar-refractivity contribution in [3.63, 3.8) is 0 Å². The number of fused-ring (bicyclic) bond motifs is 3. The predicted molar refractivity (Wildman–Crippen MR) is 151 cm³/mol. The number of hydrogen-bond donors (Lipinski definition) is 0. The highest BCUT2D eigenvalue weighted by Gasteiger charge is 2.34. The third kappa shape index (κ3) is 3.02. The third-order valence-corrected chi connectivity index (χ3v) is 7.60. The lowest BCUT2D eigenvalue weighted by Gasteiger charge is -2.28. The van der Waals surface area contributed by atoms with Crippen LogP contribution in [0.4, 0.5) is 5.69 Å². The van der Waals surface area contributed by atoms with E-state index >= 15 is 0 Å². The van der Waals surface area contributed by atoms with E-state index in [4.69, 9.17) is 0 Å². The lowest BCUT2D eigenvalue weighted by molar-refractivity contribution is 0.0893. The molecule has 0 spiro atoms. The van der Waals surface area contributed by atoms with Crippen molar-refractivity contribution in [2.24, 2.45) is 0 Å². The van der Waals surface area contributed by atoms with Crippen LogP contribution in [-0.4, -0.2) is 22.7 Å². The van der Waals surface area contributed by atoms with Gasteiger partial charge in [-0.3, -0.25) is 14.4 Å². The molecule has 0 aliphatic carbocycles. The number of aromatic nitrogens is 1. The monoisotopic (exact) mass is 494 g/mol. The molecule has 6 aromatic rings. The van der Waals surface area contributed by atoms with Crippen molar-refractivity contribution in [2.75, 3.05) is 4.90 Å². The van der Waals surface area contributed by atoms with Crippen LogP contribution < -0.4 is 4.90 Å². The number of hydrogen-bond acceptors (Lipinski definition) is 3. The minimum Gasteiger partial charge on any atom is -0.341 e. The summed E-state index contributed by atoms with van der Waals surface area (Å²) in [6.45, 7) is 2.93. The molecular formula is C33H22N2O3. The van der Waals surface area contributed by atoms with Gasteiger partial charge in [-0.25, -0.2) is 4.90 Å². The molecule has 5 aromatic carbocycles. The van der Waals surface area contributed by atoms with Gasteiger partial charge < -0.3 is 4.57 Å². The van der Waals surface area contributed by atoms with Crippen molar-refractivity contribution in [2.45, 2.75) is 13.5 Å². The summed E-state index contributed by atoms with van der Waals surface area (Å²) in [5, 5.41) is 3.61. The Morgan fingerprint density at radius 2 is 1.34 bits per heavy atom. The second kappa shape index (κ2) is 8.25. The number of aryl methyl sites for hydroxylation is 1. The molecule has 0 fully saturated rings. The number of rotatable bonds is 4. The molecule has 2 amide bonds. The van der Waals surface area contributed by atoms with Gasteiger partial charge in [0, 0.05) is 50.4 Å². The SMILES string of the molecule is CCn1c2ccccc2c2cc(N3C(=O)c4cccc5c(-c6ccc(C=O)cc6)ccc(c45)C3=O)ccc21. The second-order valence-electron chi connectivity index (χ2n) is 9.54. The van der Waals surface area contributed by atoms with Gasteiger partial charge in [-0.2, -0.15) is 0 Å². The van der Waals surface area contributed by atoms with Crippen LogP contribution >= 0.6 is 0 Å². The Labute approximate surface area is 218 Å². The third-order valence-electron chi connectivity index (χ3n) is 7.60. The number of aldehydes is 1. The Morgan fingerprint density at radius 1 is 0.658 bits per heavy atom. The lowest BCUT2D eigenvalue weighted by Crippen LogP contribution is -2.40. The molecule has 0 bridgehead atoms. The van der Waals surface area contributed by atoms with Gasteiger partial charge in [0.2, 0.25) is 0 Å². The standard InChI is InChI=1S/C33H22N2O3/c1-2-34-29-9-4-3-6-24(29)28-18-22(14-17-30(28)34)35-32(37)26-8-5-7-25-23(15-16-27(31(25)26)33(35)38)21-12-10-20(19-36)11-13-21/h3-19H,2H2,1H3. The molecule has 0 atom stereocenters. The molecule has 0 unspecified atom stereocenters. The first-order valence-corrected chi connectivity index (χ1v) is 12.6. The van der Waals surface area contributed by atoms with Gasteiger partial charge in [0.05, 0.1) is 5.69 Å². The van der Waals surface area contributed by atoms with Crippen molar-refractivity contribution in [3.8, 4) is 11.1 Å². The van der Waals surface area contributed by atoms with Crippen molar-refractivity contribution in [1.82, 2.24) is 4.57 Å². The summed E-state index contributed by atoms with van der Waals surface area (Å²) in [7, 11) is 0. The predicted octanol–water partition coefficient (Wildman–Crippen LogP) is 7.25. The highest BCUT2D eigenvalue weighted by atomic mass is 16.2. The number of carbonyl (C=O) groups is 3. The molecule has 182 valence electrons. The zero-order valence-corrected chi connectivity index (χ0v) is 20.6. The second-order valence-corrected chi connectivity index (χ2v) is 9.54. The van der Waals surface area contributed by atoms with Gasteiger partial charge in [0.1, 0.15) is 6.29 Å². The Hall–Kier alpha value is -5.03. The molecule has 2 heterocycles. The number of carbonyl (C=O) groups excluding carboxylic acids is 3. The number of amides is 2. The van der Waals surface area contributed by atoms with E-state index < -0.39 is 0 Å². The highest BCUT2D eigenvalue weighted by molar-refractivity contribution is 6.36. The first kappa shape index (κ1) is 22.2. The largest absolute Gasteiger partial charge is 0.341 e. The van der Waals surface area contributed by atoms with Crippen molar-refractivity contribution < 1.29 is 14.4 Å². The van der Waals surface area contributed by atoms with Gasteiger partial charge in [-0.1, -0.05) is 60.7 Å². The fourth-order valence-corrected chi connectivity index (χ4v) is 5.85. The summed E-state index contributed by atoms with van der Waals surface area (Å²) in [4.78, 5) is 40.1. The molecular weight excluding hydrogens is 472 g/mol. The Kier molecular flexibility index (Phi) is 4.82. The van der Waals surface area contributed by atoms with E-state index in [1.807, 2.05) is 60.7 Å². The fourth-order valence-electron chi connectivity index (χ4n) is 5.85. The van der Waals surface area contributed by atoms with E-state index in [1.165, 1.54) is 4.90 Å². The maximum atomic E-state index is 13.9. The molecule has 1 aliphatic heterocycles. The molecule has 0 saturated heterocycles. The summed E-state index contributed by atoms with van der Waals surface area (Å²) >= 11 is 0. The summed E-state index contributed by atoms with van der Waals surface area (Å²) in [5.74, 6) is -0.666. The zero-order chi connectivity index (χ0) is 26.0. The normalized spacial score (nSPS) is 13.1. The Bertz CT molecular complexity index is 1940. The fraction of sp³-hybridized carbons (Fsp3) is 0.0606. The van der Waals surface area contributed by atoms with Crippen molar-refractivity contribution in [1.29, 1.82) is 0 Å². The quantitative estimate of drug-likeness (QED) is 0.192. The topological polar surface area (TPSA) is 59.4 Å². The van der Waals surface area contributed by atoms with Crippen LogP contribution in [0.3, 0.4) is 0 Å². The molecule has 0 radical (unpaired) electrons. The van der Waals surface area contributed by atoms with Gasteiger partial charge in [0.25, 0.3) is 11.8 Å².